The van der Waals surface area contributed by atoms with Gasteiger partial charge in [0.15, 0.2) is 0 Å². The van der Waals surface area contributed by atoms with Crippen LogP contribution in [0.5, 0.6) is 17.2 Å². The van der Waals surface area contributed by atoms with Gasteiger partial charge in [-0.05, 0) is 98.3 Å². The Kier molecular flexibility index (Phi) is 9.50. The van der Waals surface area contributed by atoms with Crippen molar-refractivity contribution in [3.8, 4) is 34.2 Å². The second-order valence-electron chi connectivity index (χ2n) is 11.8. The van der Waals surface area contributed by atoms with Crippen LogP contribution in [0.4, 0.5) is 0 Å². The summed E-state index contributed by atoms with van der Waals surface area (Å²) >= 11 is 0. The first-order valence-electron chi connectivity index (χ1n) is 16.5. The van der Waals surface area contributed by atoms with Crippen molar-refractivity contribution in [1.29, 1.82) is 0 Å². The number of furan rings is 1. The average molecular weight is 589 g/mol. The van der Waals surface area contributed by atoms with Crippen LogP contribution in [0.2, 0.25) is 0 Å². The molecule has 1 aliphatic carbocycles. The molecule has 0 bridgehead atoms. The summed E-state index contributed by atoms with van der Waals surface area (Å²) in [4.78, 5) is 5.06. The molecule has 0 amide bonds. The van der Waals surface area contributed by atoms with E-state index in [1.54, 1.807) is 0 Å². The monoisotopic (exact) mass is 588 g/mol. The molecule has 6 rings (SSSR count). The van der Waals surface area contributed by atoms with Gasteiger partial charge >= 0.3 is 0 Å². The minimum atomic E-state index is 0.766. The Hall–Kier alpha value is -4.25. The molecule has 0 atom stereocenters. The van der Waals surface area contributed by atoms with E-state index in [-0.39, 0.29) is 0 Å². The number of rotatable bonds is 14. The van der Waals surface area contributed by atoms with E-state index in [2.05, 4.69) is 86.2 Å². The summed E-state index contributed by atoms with van der Waals surface area (Å²) in [5.41, 5.74) is 5.23. The fourth-order valence-electron chi connectivity index (χ4n) is 6.08. The maximum absolute atomic E-state index is 6.27. The summed E-state index contributed by atoms with van der Waals surface area (Å²) in [6.45, 7) is 7.54. The fraction of sp³-hybridized carbons (Fsp3) is 0.359. The molecule has 0 saturated carbocycles. The number of hydrogen-bond acceptors (Lipinski definition) is 4. The summed E-state index contributed by atoms with van der Waals surface area (Å²) in [6.07, 6.45) is 16.5. The van der Waals surface area contributed by atoms with Crippen LogP contribution in [0, 0.1) is 5.92 Å². The van der Waals surface area contributed by atoms with Gasteiger partial charge in [0.1, 0.15) is 34.4 Å². The zero-order valence-electron chi connectivity index (χ0n) is 26.4. The maximum atomic E-state index is 6.27. The molecule has 0 unspecified atom stereocenters. The van der Waals surface area contributed by atoms with Crippen LogP contribution >= 0.6 is 0 Å². The summed E-state index contributed by atoms with van der Waals surface area (Å²) in [6, 6.07) is 22.7. The van der Waals surface area contributed by atoms with E-state index in [4.69, 9.17) is 18.9 Å². The van der Waals surface area contributed by atoms with Crippen LogP contribution < -0.4 is 9.47 Å². The van der Waals surface area contributed by atoms with Crippen LogP contribution in [-0.2, 0) is 12.8 Å². The third-order valence-electron chi connectivity index (χ3n) is 8.81. The van der Waals surface area contributed by atoms with E-state index in [0.717, 1.165) is 108 Å². The molecule has 0 fully saturated rings. The van der Waals surface area contributed by atoms with Crippen molar-refractivity contribution in [2.75, 3.05) is 6.61 Å². The predicted molar refractivity (Wildman–Crippen MR) is 180 cm³/mol. The summed E-state index contributed by atoms with van der Waals surface area (Å²) in [7, 11) is 0. The minimum absolute atomic E-state index is 0.766. The lowest BCUT2D eigenvalue weighted by molar-refractivity contribution is 0.288. The van der Waals surface area contributed by atoms with Gasteiger partial charge in [-0.2, -0.15) is 0 Å². The van der Waals surface area contributed by atoms with E-state index < -0.39 is 0 Å². The van der Waals surface area contributed by atoms with Crippen molar-refractivity contribution in [1.82, 2.24) is 9.55 Å². The largest absolute Gasteiger partial charge is 0.494 e. The Morgan fingerprint density at radius 1 is 0.886 bits per heavy atom. The number of imidazole rings is 1. The summed E-state index contributed by atoms with van der Waals surface area (Å²) in [5, 5.41) is 1.10. The van der Waals surface area contributed by atoms with Crippen molar-refractivity contribution in [3.63, 3.8) is 0 Å². The molecular weight excluding hydrogens is 544 g/mol. The molecule has 1 aliphatic rings. The molecule has 0 N–H and O–H groups in total. The maximum Gasteiger partial charge on any atom is 0.135 e. The van der Waals surface area contributed by atoms with E-state index >= 15 is 0 Å². The SMILES string of the molecule is CCCCc1nc(-c2ccc(OCCCC(CC)CC)cc2)cn1-c1ccc(Oc2ccc3oc4c(c3c2)C=CCC4)cc1. The highest BCUT2D eigenvalue weighted by Gasteiger charge is 2.16. The molecule has 0 radical (unpaired) electrons. The Morgan fingerprint density at radius 2 is 1.66 bits per heavy atom. The van der Waals surface area contributed by atoms with Crippen molar-refractivity contribution < 1.29 is 13.9 Å². The summed E-state index contributed by atoms with van der Waals surface area (Å²) in [5.74, 6) is 5.47. The van der Waals surface area contributed by atoms with Crippen molar-refractivity contribution >= 4 is 17.0 Å². The third-order valence-corrected chi connectivity index (χ3v) is 8.81. The lowest BCUT2D eigenvalue weighted by Gasteiger charge is -2.12. The van der Waals surface area contributed by atoms with Gasteiger partial charge in [0.25, 0.3) is 0 Å². The first-order valence-corrected chi connectivity index (χ1v) is 16.5. The van der Waals surface area contributed by atoms with E-state index in [1.165, 1.54) is 24.8 Å². The van der Waals surface area contributed by atoms with Crippen LogP contribution in [0.15, 0.2) is 83.4 Å². The highest BCUT2D eigenvalue weighted by molar-refractivity contribution is 5.90. The number of nitrogens with zero attached hydrogens (tertiary/aromatic N) is 2. The second kappa shape index (κ2) is 14.0. The minimum Gasteiger partial charge on any atom is -0.494 e. The molecule has 0 aliphatic heterocycles. The zero-order chi connectivity index (χ0) is 30.3. The zero-order valence-corrected chi connectivity index (χ0v) is 26.4. The molecule has 2 aromatic heterocycles. The number of ether oxygens (including phenoxy) is 2. The number of fused-ring (bicyclic) bond motifs is 3. The number of benzene rings is 3. The third kappa shape index (κ3) is 6.77. The van der Waals surface area contributed by atoms with Gasteiger partial charge in [0, 0.05) is 41.2 Å². The standard InChI is InChI=1S/C39H44N2O3/c1-4-7-14-39-40-36(29-15-19-31(20-16-29)42-25-10-11-28(5-2)6-3)27-41(39)30-17-21-32(22-18-30)43-33-23-24-38-35(26-33)34-12-8-9-13-37(34)44-38/h8,12,15-24,26-28H,4-7,9-11,13-14,25H2,1-3H3. The quantitative estimate of drug-likeness (QED) is 0.121. The Morgan fingerprint density at radius 3 is 2.43 bits per heavy atom. The first-order chi connectivity index (χ1) is 21.6. The van der Waals surface area contributed by atoms with Gasteiger partial charge in [-0.1, -0.05) is 52.2 Å². The average Bonchev–Trinajstić information content (AvgIpc) is 3.66. The van der Waals surface area contributed by atoms with Gasteiger partial charge in [0.05, 0.1) is 12.3 Å². The fourth-order valence-corrected chi connectivity index (χ4v) is 6.08. The molecule has 44 heavy (non-hydrogen) atoms. The Labute approximate surface area is 261 Å². The van der Waals surface area contributed by atoms with Gasteiger partial charge in [-0.25, -0.2) is 4.98 Å². The van der Waals surface area contributed by atoms with Gasteiger partial charge in [-0.15, -0.1) is 0 Å². The van der Waals surface area contributed by atoms with E-state index in [1.807, 2.05) is 24.3 Å². The van der Waals surface area contributed by atoms with Gasteiger partial charge in [-0.3, -0.25) is 0 Å². The molecule has 2 heterocycles. The lowest BCUT2D eigenvalue weighted by atomic mass is 9.98. The normalized spacial score (nSPS) is 12.6. The van der Waals surface area contributed by atoms with Crippen LogP contribution in [0.25, 0.3) is 34.0 Å². The predicted octanol–water partition coefficient (Wildman–Crippen LogP) is 11.0. The number of aromatic nitrogens is 2. The molecular formula is C39H44N2O3. The Bertz CT molecular complexity index is 1690. The second-order valence-corrected chi connectivity index (χ2v) is 11.8. The highest BCUT2D eigenvalue weighted by atomic mass is 16.5. The number of aryl methyl sites for hydroxylation is 2. The highest BCUT2D eigenvalue weighted by Crippen LogP contribution is 2.35. The van der Waals surface area contributed by atoms with Crippen molar-refractivity contribution in [2.24, 2.45) is 5.92 Å². The smallest absolute Gasteiger partial charge is 0.135 e. The molecule has 3 aromatic carbocycles. The molecule has 5 heteroatoms. The number of unbranched alkanes of at least 4 members (excludes halogenated alkanes) is 1. The van der Waals surface area contributed by atoms with Crippen LogP contribution in [-0.4, -0.2) is 16.2 Å². The summed E-state index contributed by atoms with van der Waals surface area (Å²) < 4.78 is 20.6. The molecule has 0 spiro atoms. The van der Waals surface area contributed by atoms with Crippen molar-refractivity contribution in [2.45, 2.75) is 78.6 Å². The first kappa shape index (κ1) is 29.8. The van der Waals surface area contributed by atoms with Gasteiger partial charge < -0.3 is 18.5 Å². The number of allylic oxidation sites excluding steroid dienone is 1. The lowest BCUT2D eigenvalue weighted by Crippen LogP contribution is -2.02. The van der Waals surface area contributed by atoms with Gasteiger partial charge in [0.2, 0.25) is 0 Å². The van der Waals surface area contributed by atoms with Crippen LogP contribution in [0.1, 0.15) is 82.9 Å². The van der Waals surface area contributed by atoms with Crippen LogP contribution in [0.3, 0.4) is 0 Å². The molecule has 0 saturated heterocycles. The van der Waals surface area contributed by atoms with Crippen molar-refractivity contribution in [3.05, 3.63) is 96.2 Å². The topological polar surface area (TPSA) is 49.4 Å². The molecule has 5 nitrogen and oxygen atoms in total. The number of hydrogen-bond donors (Lipinski definition) is 0. The molecule has 5 aromatic rings. The Balaban J connectivity index is 1.15. The van der Waals surface area contributed by atoms with E-state index in [9.17, 15) is 0 Å². The van der Waals surface area contributed by atoms with E-state index in [0.29, 0.717) is 0 Å². The molecule has 228 valence electrons.